The molecular formula is C28H19N3S. The van der Waals surface area contributed by atoms with Gasteiger partial charge in [0.15, 0.2) is 0 Å². The average Bonchev–Trinajstić information content (AvgIpc) is 3.41. The van der Waals surface area contributed by atoms with Gasteiger partial charge < -0.3 is 0 Å². The number of thiophene rings is 1. The fourth-order valence-corrected chi connectivity index (χ4v) is 6.02. The molecule has 4 heteroatoms. The van der Waals surface area contributed by atoms with Crippen LogP contribution in [0.15, 0.2) is 91.2 Å². The quantitative estimate of drug-likeness (QED) is 0.283. The Balaban J connectivity index is 1.61. The molecule has 4 heterocycles. The molecule has 0 fully saturated rings. The van der Waals surface area contributed by atoms with Crippen molar-refractivity contribution in [3.63, 3.8) is 0 Å². The van der Waals surface area contributed by atoms with E-state index < -0.39 is 0 Å². The van der Waals surface area contributed by atoms with Crippen LogP contribution in [-0.4, -0.2) is 14.5 Å². The minimum Gasteiger partial charge on any atom is -0.291 e. The van der Waals surface area contributed by atoms with Gasteiger partial charge in [-0.05, 0) is 42.7 Å². The molecule has 32 heavy (non-hydrogen) atoms. The molecule has 3 nitrogen and oxygen atoms in total. The molecule has 4 aromatic heterocycles. The lowest BCUT2D eigenvalue weighted by molar-refractivity contribution is 1.03. The minimum absolute atomic E-state index is 0.931. The van der Waals surface area contributed by atoms with E-state index in [2.05, 4.69) is 89.5 Å². The first-order chi connectivity index (χ1) is 15.9. The van der Waals surface area contributed by atoms with Gasteiger partial charge in [0.05, 0.1) is 26.9 Å². The molecule has 152 valence electrons. The highest BCUT2D eigenvalue weighted by Crippen LogP contribution is 2.41. The number of pyridine rings is 2. The number of hydrogen-bond acceptors (Lipinski definition) is 3. The fourth-order valence-electron chi connectivity index (χ4n) is 4.81. The Labute approximate surface area is 189 Å². The highest BCUT2D eigenvalue weighted by molar-refractivity contribution is 7.26. The molecule has 6 aromatic rings. The van der Waals surface area contributed by atoms with Crippen molar-refractivity contribution < 1.29 is 0 Å². The molecule has 0 saturated carbocycles. The molecule has 0 radical (unpaired) electrons. The largest absolute Gasteiger partial charge is 0.291 e. The number of benzene rings is 2. The van der Waals surface area contributed by atoms with Gasteiger partial charge in [-0.3, -0.25) is 9.55 Å². The van der Waals surface area contributed by atoms with E-state index in [1.165, 1.54) is 25.7 Å². The SMILES string of the molecule is C1=CC(c2cccc(-n3c4ccccc4c4ncc5c6ccccc6sc5c43)n2)=CCC1. The molecule has 0 aliphatic heterocycles. The summed E-state index contributed by atoms with van der Waals surface area (Å²) in [5.74, 6) is 0.931. The molecule has 2 aromatic carbocycles. The number of hydrogen-bond donors (Lipinski definition) is 0. The van der Waals surface area contributed by atoms with Crippen LogP contribution in [0.2, 0.25) is 0 Å². The van der Waals surface area contributed by atoms with E-state index in [9.17, 15) is 0 Å². The third-order valence-electron chi connectivity index (χ3n) is 6.27. The van der Waals surface area contributed by atoms with Crippen LogP contribution in [0.4, 0.5) is 0 Å². The standard InChI is InChI=1S/C28H19N3S/c1-2-9-18(10-3-1)22-13-8-16-25(30-22)31-23-14-6-4-12-20(23)26-27(31)28-21(17-29-26)19-11-5-7-15-24(19)32-28/h2,4-17H,1,3H2. The Morgan fingerprint density at radius 1 is 0.812 bits per heavy atom. The number of allylic oxidation sites excluding steroid dienone is 4. The predicted molar refractivity (Wildman–Crippen MR) is 136 cm³/mol. The van der Waals surface area contributed by atoms with Crippen molar-refractivity contribution in [2.24, 2.45) is 0 Å². The van der Waals surface area contributed by atoms with Crippen LogP contribution >= 0.6 is 11.3 Å². The maximum absolute atomic E-state index is 5.12. The summed E-state index contributed by atoms with van der Waals surface area (Å²) < 4.78 is 4.84. The summed E-state index contributed by atoms with van der Waals surface area (Å²) in [6.45, 7) is 0. The Morgan fingerprint density at radius 3 is 2.59 bits per heavy atom. The Kier molecular flexibility index (Phi) is 3.84. The molecule has 0 bridgehead atoms. The Morgan fingerprint density at radius 2 is 1.69 bits per heavy atom. The highest BCUT2D eigenvalue weighted by Gasteiger charge is 2.19. The van der Waals surface area contributed by atoms with Crippen molar-refractivity contribution in [1.82, 2.24) is 14.5 Å². The molecular weight excluding hydrogens is 410 g/mol. The van der Waals surface area contributed by atoms with Crippen LogP contribution in [0, 0.1) is 0 Å². The monoisotopic (exact) mass is 429 g/mol. The van der Waals surface area contributed by atoms with Gasteiger partial charge in [-0.15, -0.1) is 11.3 Å². The number of aromatic nitrogens is 3. The van der Waals surface area contributed by atoms with Crippen LogP contribution in [-0.2, 0) is 0 Å². The van der Waals surface area contributed by atoms with E-state index in [-0.39, 0.29) is 0 Å². The number of rotatable bonds is 2. The zero-order valence-corrected chi connectivity index (χ0v) is 18.1. The summed E-state index contributed by atoms with van der Waals surface area (Å²) in [5.41, 5.74) is 5.52. The van der Waals surface area contributed by atoms with Crippen LogP contribution in [0.5, 0.6) is 0 Å². The van der Waals surface area contributed by atoms with Gasteiger partial charge in [0.25, 0.3) is 0 Å². The van der Waals surface area contributed by atoms with E-state index in [0.29, 0.717) is 0 Å². The van der Waals surface area contributed by atoms with Crippen LogP contribution in [0.1, 0.15) is 18.5 Å². The normalized spacial score (nSPS) is 14.1. The highest BCUT2D eigenvalue weighted by atomic mass is 32.1. The van der Waals surface area contributed by atoms with Gasteiger partial charge in [0, 0.05) is 27.1 Å². The first kappa shape index (κ1) is 17.9. The summed E-state index contributed by atoms with van der Waals surface area (Å²) in [4.78, 5) is 10.1. The lowest BCUT2D eigenvalue weighted by Gasteiger charge is -2.11. The molecule has 0 amide bonds. The topological polar surface area (TPSA) is 30.7 Å². The van der Waals surface area contributed by atoms with Crippen molar-refractivity contribution in [3.05, 3.63) is 96.8 Å². The summed E-state index contributed by atoms with van der Waals surface area (Å²) >= 11 is 1.84. The maximum atomic E-state index is 5.12. The Bertz CT molecular complexity index is 1730. The van der Waals surface area contributed by atoms with Gasteiger partial charge >= 0.3 is 0 Å². The molecule has 0 N–H and O–H groups in total. The van der Waals surface area contributed by atoms with Gasteiger partial charge in [0.1, 0.15) is 5.82 Å². The van der Waals surface area contributed by atoms with E-state index in [1.54, 1.807) is 0 Å². The number of para-hydroxylation sites is 1. The summed E-state index contributed by atoms with van der Waals surface area (Å²) in [6.07, 6.45) is 10.9. The average molecular weight is 430 g/mol. The van der Waals surface area contributed by atoms with E-state index in [1.807, 2.05) is 17.5 Å². The molecule has 7 rings (SSSR count). The van der Waals surface area contributed by atoms with Gasteiger partial charge in [-0.25, -0.2) is 4.98 Å². The molecule has 0 atom stereocenters. The van der Waals surface area contributed by atoms with Crippen LogP contribution in [0.25, 0.3) is 53.5 Å². The first-order valence-electron chi connectivity index (χ1n) is 10.9. The number of fused-ring (bicyclic) bond motifs is 7. The first-order valence-corrected chi connectivity index (χ1v) is 11.7. The second-order valence-corrected chi connectivity index (χ2v) is 9.22. The van der Waals surface area contributed by atoms with Crippen LogP contribution < -0.4 is 0 Å². The van der Waals surface area contributed by atoms with Crippen molar-refractivity contribution in [2.45, 2.75) is 12.8 Å². The van der Waals surface area contributed by atoms with Gasteiger partial charge in [-0.1, -0.05) is 60.7 Å². The second kappa shape index (κ2) is 6.87. The predicted octanol–water partition coefficient (Wildman–Crippen LogP) is 7.68. The molecule has 0 unspecified atom stereocenters. The van der Waals surface area contributed by atoms with Crippen LogP contribution in [0.3, 0.4) is 0 Å². The molecule has 0 saturated heterocycles. The molecule has 1 aliphatic rings. The summed E-state index contributed by atoms with van der Waals surface area (Å²) in [5, 5.41) is 3.62. The second-order valence-electron chi connectivity index (χ2n) is 8.17. The van der Waals surface area contributed by atoms with Gasteiger partial charge in [0.2, 0.25) is 0 Å². The van der Waals surface area contributed by atoms with Gasteiger partial charge in [-0.2, -0.15) is 0 Å². The van der Waals surface area contributed by atoms with E-state index >= 15 is 0 Å². The lowest BCUT2D eigenvalue weighted by atomic mass is 10.0. The minimum atomic E-state index is 0.931. The lowest BCUT2D eigenvalue weighted by Crippen LogP contribution is -2.00. The maximum Gasteiger partial charge on any atom is 0.138 e. The zero-order valence-electron chi connectivity index (χ0n) is 17.3. The Hall–Kier alpha value is -3.76. The van der Waals surface area contributed by atoms with Crippen molar-refractivity contribution >= 4 is 59.0 Å². The van der Waals surface area contributed by atoms with E-state index in [0.717, 1.165) is 46.3 Å². The zero-order chi connectivity index (χ0) is 21.1. The molecule has 0 spiro atoms. The summed E-state index contributed by atoms with van der Waals surface area (Å²) in [7, 11) is 0. The third kappa shape index (κ3) is 2.53. The summed E-state index contributed by atoms with van der Waals surface area (Å²) in [6, 6.07) is 23.4. The number of nitrogens with zero attached hydrogens (tertiary/aromatic N) is 3. The van der Waals surface area contributed by atoms with Crippen molar-refractivity contribution in [1.29, 1.82) is 0 Å². The van der Waals surface area contributed by atoms with Crippen molar-refractivity contribution in [3.8, 4) is 5.82 Å². The fraction of sp³-hybridized carbons (Fsp3) is 0.0714. The van der Waals surface area contributed by atoms with E-state index in [4.69, 9.17) is 9.97 Å². The smallest absolute Gasteiger partial charge is 0.138 e. The molecule has 1 aliphatic carbocycles. The van der Waals surface area contributed by atoms with Crippen molar-refractivity contribution in [2.75, 3.05) is 0 Å². The third-order valence-corrected chi connectivity index (χ3v) is 7.47.